The van der Waals surface area contributed by atoms with Crippen LogP contribution in [-0.2, 0) is 14.3 Å². The van der Waals surface area contributed by atoms with Crippen molar-refractivity contribution in [2.24, 2.45) is 0 Å². The molecule has 0 aliphatic heterocycles. The molecule has 0 radical (unpaired) electrons. The molecule has 2 aromatic rings. The minimum absolute atomic E-state index is 0.112. The Hall–Kier alpha value is -3.35. The van der Waals surface area contributed by atoms with E-state index in [9.17, 15) is 14.4 Å². The summed E-state index contributed by atoms with van der Waals surface area (Å²) >= 11 is 0. The fraction of sp³-hybridized carbons (Fsp3) is 0.286. The maximum Gasteiger partial charge on any atom is 0.344 e. The lowest BCUT2D eigenvalue weighted by Gasteiger charge is -2.21. The molecule has 2 rings (SSSR count). The topological polar surface area (TPSA) is 82.1 Å². The molecular weight excluding hydrogens is 362 g/mol. The average molecular weight is 385 g/mol. The highest BCUT2D eigenvalue weighted by Gasteiger charge is 2.23. The molecule has 148 valence electrons. The molecule has 1 atom stereocenters. The van der Waals surface area contributed by atoms with Gasteiger partial charge in [-0.1, -0.05) is 18.2 Å². The van der Waals surface area contributed by atoms with Gasteiger partial charge in [-0.15, -0.1) is 0 Å². The lowest BCUT2D eigenvalue weighted by atomic mass is 10.1. The standard InChI is InChI=1S/C21H23NO6/c1-14(23)16-10-11-18(19(12-16)26-4)27-13-20(24)28-15(2)21(25)22(3)17-8-6-5-7-9-17/h5-12,15H,13H2,1-4H3. The van der Waals surface area contributed by atoms with Crippen LogP contribution >= 0.6 is 0 Å². The third-order valence-corrected chi connectivity index (χ3v) is 4.05. The SMILES string of the molecule is COc1cc(C(C)=O)ccc1OCC(=O)OC(C)C(=O)N(C)c1ccccc1. The third kappa shape index (κ3) is 5.33. The summed E-state index contributed by atoms with van der Waals surface area (Å²) in [6, 6.07) is 13.7. The largest absolute Gasteiger partial charge is 0.493 e. The van der Waals surface area contributed by atoms with E-state index >= 15 is 0 Å². The molecule has 0 fully saturated rings. The number of ketones is 1. The van der Waals surface area contributed by atoms with Gasteiger partial charge in [-0.25, -0.2) is 4.79 Å². The molecule has 0 saturated heterocycles. The Morgan fingerprint density at radius 3 is 2.32 bits per heavy atom. The quantitative estimate of drug-likeness (QED) is 0.513. The molecule has 0 bridgehead atoms. The summed E-state index contributed by atoms with van der Waals surface area (Å²) in [5, 5.41) is 0. The van der Waals surface area contributed by atoms with Gasteiger partial charge in [0, 0.05) is 18.3 Å². The van der Waals surface area contributed by atoms with Gasteiger partial charge in [0.2, 0.25) is 0 Å². The minimum atomic E-state index is -0.969. The van der Waals surface area contributed by atoms with Crippen LogP contribution in [0.15, 0.2) is 48.5 Å². The number of para-hydroxylation sites is 1. The maximum atomic E-state index is 12.4. The van der Waals surface area contributed by atoms with Crippen LogP contribution in [0.3, 0.4) is 0 Å². The van der Waals surface area contributed by atoms with E-state index in [1.807, 2.05) is 18.2 Å². The summed E-state index contributed by atoms with van der Waals surface area (Å²) in [5.74, 6) is -0.541. The highest BCUT2D eigenvalue weighted by Crippen LogP contribution is 2.28. The number of hydrogen-bond donors (Lipinski definition) is 0. The molecule has 7 heteroatoms. The Morgan fingerprint density at radius 2 is 1.71 bits per heavy atom. The molecule has 0 aliphatic carbocycles. The number of nitrogens with zero attached hydrogens (tertiary/aromatic N) is 1. The Balaban J connectivity index is 1.93. The lowest BCUT2D eigenvalue weighted by molar-refractivity contribution is -0.155. The van der Waals surface area contributed by atoms with Gasteiger partial charge in [0.1, 0.15) is 0 Å². The molecule has 1 amide bonds. The van der Waals surface area contributed by atoms with Crippen molar-refractivity contribution < 1.29 is 28.6 Å². The second-order valence-electron chi connectivity index (χ2n) is 6.08. The van der Waals surface area contributed by atoms with Gasteiger partial charge in [-0.05, 0) is 44.2 Å². The average Bonchev–Trinajstić information content (AvgIpc) is 2.71. The maximum absolute atomic E-state index is 12.4. The van der Waals surface area contributed by atoms with Gasteiger partial charge < -0.3 is 19.1 Å². The van der Waals surface area contributed by atoms with Crippen LogP contribution in [0.4, 0.5) is 5.69 Å². The van der Waals surface area contributed by atoms with Crippen LogP contribution in [0.5, 0.6) is 11.5 Å². The number of benzene rings is 2. The first-order valence-corrected chi connectivity index (χ1v) is 8.67. The number of methoxy groups -OCH3 is 1. The van der Waals surface area contributed by atoms with Gasteiger partial charge in [0.15, 0.2) is 30.0 Å². The van der Waals surface area contributed by atoms with Crippen LogP contribution in [0.2, 0.25) is 0 Å². The molecule has 0 aliphatic rings. The number of anilines is 1. The number of rotatable bonds is 8. The van der Waals surface area contributed by atoms with E-state index in [2.05, 4.69) is 0 Å². The van der Waals surface area contributed by atoms with Crippen LogP contribution in [0.25, 0.3) is 0 Å². The zero-order valence-electron chi connectivity index (χ0n) is 16.3. The number of carbonyl (C=O) groups is 3. The monoisotopic (exact) mass is 385 g/mol. The van der Waals surface area contributed by atoms with E-state index in [0.717, 1.165) is 0 Å². The van der Waals surface area contributed by atoms with Crippen molar-refractivity contribution in [3.63, 3.8) is 0 Å². The van der Waals surface area contributed by atoms with E-state index in [1.165, 1.54) is 31.9 Å². The molecule has 7 nitrogen and oxygen atoms in total. The molecular formula is C21H23NO6. The highest BCUT2D eigenvalue weighted by atomic mass is 16.6. The van der Waals surface area contributed by atoms with Gasteiger partial charge in [-0.3, -0.25) is 9.59 Å². The minimum Gasteiger partial charge on any atom is -0.493 e. The normalized spacial score (nSPS) is 11.3. The van der Waals surface area contributed by atoms with Crippen LogP contribution in [-0.4, -0.2) is 44.5 Å². The van der Waals surface area contributed by atoms with E-state index in [4.69, 9.17) is 14.2 Å². The zero-order chi connectivity index (χ0) is 20.7. The van der Waals surface area contributed by atoms with Gasteiger partial charge in [0.25, 0.3) is 5.91 Å². The molecule has 0 spiro atoms. The van der Waals surface area contributed by atoms with Crippen molar-refractivity contribution in [2.45, 2.75) is 20.0 Å². The first kappa shape index (κ1) is 21.0. The Kier molecular flexibility index (Phi) is 7.14. The Bertz CT molecular complexity index is 849. The van der Waals surface area contributed by atoms with Crippen molar-refractivity contribution in [3.8, 4) is 11.5 Å². The molecule has 2 aromatic carbocycles. The van der Waals surface area contributed by atoms with E-state index in [-0.39, 0.29) is 11.7 Å². The van der Waals surface area contributed by atoms with Crippen LogP contribution < -0.4 is 14.4 Å². The predicted molar refractivity (Wildman–Crippen MR) is 104 cm³/mol. The lowest BCUT2D eigenvalue weighted by Crippen LogP contribution is -2.38. The summed E-state index contributed by atoms with van der Waals surface area (Å²) in [5.41, 5.74) is 1.16. The Morgan fingerprint density at radius 1 is 1.04 bits per heavy atom. The van der Waals surface area contributed by atoms with Crippen molar-refractivity contribution >= 4 is 23.3 Å². The summed E-state index contributed by atoms with van der Waals surface area (Å²) < 4.78 is 15.8. The zero-order valence-corrected chi connectivity index (χ0v) is 16.3. The fourth-order valence-electron chi connectivity index (χ4n) is 2.48. The molecule has 0 heterocycles. The van der Waals surface area contributed by atoms with Gasteiger partial charge in [0.05, 0.1) is 7.11 Å². The van der Waals surface area contributed by atoms with Crippen molar-refractivity contribution in [2.75, 3.05) is 25.7 Å². The van der Waals surface area contributed by atoms with Crippen molar-refractivity contribution in [1.29, 1.82) is 0 Å². The first-order chi connectivity index (χ1) is 13.3. The third-order valence-electron chi connectivity index (χ3n) is 4.05. The first-order valence-electron chi connectivity index (χ1n) is 8.67. The number of carbonyl (C=O) groups excluding carboxylic acids is 3. The smallest absolute Gasteiger partial charge is 0.344 e. The number of likely N-dealkylation sites (N-methyl/N-ethyl adjacent to an activating group) is 1. The van der Waals surface area contributed by atoms with Gasteiger partial charge >= 0.3 is 5.97 Å². The van der Waals surface area contributed by atoms with E-state index in [1.54, 1.807) is 31.3 Å². The molecule has 0 N–H and O–H groups in total. The summed E-state index contributed by atoms with van der Waals surface area (Å²) in [7, 11) is 3.05. The summed E-state index contributed by atoms with van der Waals surface area (Å²) in [6.07, 6.45) is -0.969. The Labute approximate surface area is 163 Å². The predicted octanol–water partition coefficient (Wildman–Crippen LogP) is 2.87. The fourth-order valence-corrected chi connectivity index (χ4v) is 2.48. The molecule has 28 heavy (non-hydrogen) atoms. The van der Waals surface area contributed by atoms with Crippen molar-refractivity contribution in [3.05, 3.63) is 54.1 Å². The number of amides is 1. The van der Waals surface area contributed by atoms with E-state index < -0.39 is 18.7 Å². The number of Topliss-reactive ketones (excluding diaryl/α,β-unsaturated/α-hetero) is 1. The second-order valence-corrected chi connectivity index (χ2v) is 6.08. The highest BCUT2D eigenvalue weighted by molar-refractivity contribution is 5.97. The van der Waals surface area contributed by atoms with Crippen LogP contribution in [0.1, 0.15) is 24.2 Å². The number of hydrogen-bond acceptors (Lipinski definition) is 6. The number of ether oxygens (including phenoxy) is 3. The molecule has 0 aromatic heterocycles. The van der Waals surface area contributed by atoms with Crippen LogP contribution in [0, 0.1) is 0 Å². The van der Waals surface area contributed by atoms with E-state index in [0.29, 0.717) is 22.7 Å². The van der Waals surface area contributed by atoms with Gasteiger partial charge in [-0.2, -0.15) is 0 Å². The second kappa shape index (κ2) is 9.55. The van der Waals surface area contributed by atoms with Crippen molar-refractivity contribution in [1.82, 2.24) is 0 Å². The summed E-state index contributed by atoms with van der Waals surface area (Å²) in [4.78, 5) is 37.3. The summed E-state index contributed by atoms with van der Waals surface area (Å²) in [6.45, 7) is 2.54. The molecule has 1 unspecified atom stereocenters. The molecule has 0 saturated carbocycles. The number of esters is 1.